The molecule has 0 N–H and O–H groups in total. The van der Waals surface area contributed by atoms with Crippen LogP contribution in [0.1, 0.15) is 0 Å². The molecule has 0 unspecified atom stereocenters. The summed E-state index contributed by atoms with van der Waals surface area (Å²) in [7, 11) is 0. The van der Waals surface area contributed by atoms with Crippen LogP contribution in [0.2, 0.25) is 0 Å². The molecule has 0 atom stereocenters. The molecule has 6 aromatic heterocycles. The minimum Gasteiger partial charge on any atom is -0.319 e. The number of para-hydroxylation sites is 8. The Kier molecular flexibility index (Phi) is 13.5. The van der Waals surface area contributed by atoms with E-state index in [0.717, 1.165) is 96.2 Å². The average Bonchev–Trinajstić information content (AvgIpc) is 4.09. The Labute approximate surface area is 460 Å². The van der Waals surface area contributed by atoms with Crippen molar-refractivity contribution in [1.82, 2.24) is 29.1 Å². The summed E-state index contributed by atoms with van der Waals surface area (Å²) in [5, 5.41) is 4.78. The van der Waals surface area contributed by atoms with Gasteiger partial charge in [-0.2, -0.15) is 48.5 Å². The van der Waals surface area contributed by atoms with Crippen LogP contribution in [0, 0.1) is 12.1 Å². The van der Waals surface area contributed by atoms with Gasteiger partial charge in [0.1, 0.15) is 23.3 Å². The Morgan fingerprint density at radius 1 is 0.286 bits per heavy atom. The van der Waals surface area contributed by atoms with E-state index in [1.54, 1.807) is 0 Å². The van der Waals surface area contributed by atoms with Crippen LogP contribution in [0.15, 0.2) is 279 Å². The number of rotatable bonds is 10. The molecule has 14 rings (SSSR count). The standard InChI is InChI=1S/C34H24N4.C34H22N4.Pt/c2*1-3-13-25(14-4-1)37(26-15-5-2-6-16-26)33-23-11-19-29(35-33)30-20-12-24-34(36-30)38-31-21-9-7-17-27(31)28-18-8-10-22-32(28)38;/h1-24H;1-15,17-21,23-24H;/q;-2;+2. The van der Waals surface area contributed by atoms with Crippen molar-refractivity contribution < 1.29 is 21.1 Å². The van der Waals surface area contributed by atoms with Gasteiger partial charge in [0.25, 0.3) is 0 Å². The first-order valence-corrected chi connectivity index (χ1v) is 25.2. The zero-order valence-electron chi connectivity index (χ0n) is 41.5. The van der Waals surface area contributed by atoms with Gasteiger partial charge in [-0.25, -0.2) is 19.9 Å². The van der Waals surface area contributed by atoms with Crippen LogP contribution >= 0.6 is 0 Å². The van der Waals surface area contributed by atoms with Gasteiger partial charge in [-0.1, -0.05) is 145 Å². The summed E-state index contributed by atoms with van der Waals surface area (Å²) in [6, 6.07) is 101. The first-order chi connectivity index (χ1) is 37.7. The molecule has 77 heavy (non-hydrogen) atoms. The molecule has 368 valence electrons. The first kappa shape index (κ1) is 48.2. The number of aromatic nitrogens is 6. The molecule has 0 spiro atoms. The molecular weight excluding hydrogens is 1120 g/mol. The molecule has 0 saturated heterocycles. The van der Waals surface area contributed by atoms with Crippen LogP contribution in [0.5, 0.6) is 0 Å². The molecule has 0 aliphatic heterocycles. The van der Waals surface area contributed by atoms with E-state index in [1.165, 1.54) is 16.2 Å². The molecular formula is C68H46N8Pt. The third-order valence-corrected chi connectivity index (χ3v) is 13.4. The monoisotopic (exact) mass is 1170 g/mol. The molecule has 0 aliphatic carbocycles. The molecule has 6 heterocycles. The molecule has 0 saturated carbocycles. The van der Waals surface area contributed by atoms with Crippen LogP contribution in [0.4, 0.5) is 34.4 Å². The smallest absolute Gasteiger partial charge is 0.319 e. The molecule has 0 radical (unpaired) electrons. The fourth-order valence-electron chi connectivity index (χ4n) is 10.1. The van der Waals surface area contributed by atoms with Crippen LogP contribution in [-0.2, 0) is 21.1 Å². The maximum absolute atomic E-state index is 5.11. The fourth-order valence-corrected chi connectivity index (χ4v) is 10.1. The Bertz CT molecular complexity index is 3850. The Morgan fingerprint density at radius 3 is 1.19 bits per heavy atom. The summed E-state index contributed by atoms with van der Waals surface area (Å²) >= 11 is 0. The van der Waals surface area contributed by atoms with Crippen molar-refractivity contribution in [3.63, 3.8) is 0 Å². The predicted octanol–water partition coefficient (Wildman–Crippen LogP) is 17.0. The van der Waals surface area contributed by atoms with Crippen LogP contribution in [-0.4, -0.2) is 29.1 Å². The summed E-state index contributed by atoms with van der Waals surface area (Å²) < 4.78 is 4.41. The van der Waals surface area contributed by atoms with Crippen molar-refractivity contribution >= 4 is 78.0 Å². The van der Waals surface area contributed by atoms with E-state index in [9.17, 15) is 0 Å². The summed E-state index contributed by atoms with van der Waals surface area (Å²) in [6.07, 6.45) is 0. The molecule has 0 aliphatic rings. The van der Waals surface area contributed by atoms with Crippen molar-refractivity contribution in [2.24, 2.45) is 0 Å². The molecule has 9 heteroatoms. The van der Waals surface area contributed by atoms with Gasteiger partial charge in [0.2, 0.25) is 0 Å². The van der Waals surface area contributed by atoms with Gasteiger partial charge in [-0.15, -0.1) is 11.5 Å². The normalized spacial score (nSPS) is 11.0. The van der Waals surface area contributed by atoms with E-state index in [1.807, 2.05) is 152 Å². The number of hydrogen-bond acceptors (Lipinski definition) is 6. The van der Waals surface area contributed by atoms with E-state index in [0.29, 0.717) is 0 Å². The SMILES string of the molecule is [Pt+2].[c-]1ccccc1N(c1ccccc1)c1cccc(-c2cccc(-n3c4[c-]cccc4c4ccccc43)n2)n1.c1ccc(N(c2ccccc2)c2cccc(-c3cccc(-n4c5ccccc5c5ccccc54)n3)n2)cc1. The third kappa shape index (κ3) is 9.43. The van der Waals surface area contributed by atoms with Crippen LogP contribution < -0.4 is 9.80 Å². The van der Waals surface area contributed by atoms with Crippen LogP contribution in [0.3, 0.4) is 0 Å². The van der Waals surface area contributed by atoms with Crippen molar-refractivity contribution in [1.29, 1.82) is 0 Å². The second kappa shape index (κ2) is 21.6. The van der Waals surface area contributed by atoms with Crippen molar-refractivity contribution in [3.8, 4) is 34.4 Å². The molecule has 14 aromatic rings. The predicted molar refractivity (Wildman–Crippen MR) is 311 cm³/mol. The van der Waals surface area contributed by atoms with E-state index in [4.69, 9.17) is 19.9 Å². The van der Waals surface area contributed by atoms with E-state index in [2.05, 4.69) is 158 Å². The van der Waals surface area contributed by atoms with Crippen LogP contribution in [0.25, 0.3) is 78.0 Å². The van der Waals surface area contributed by atoms with Gasteiger partial charge >= 0.3 is 21.1 Å². The van der Waals surface area contributed by atoms with E-state index < -0.39 is 0 Å². The van der Waals surface area contributed by atoms with E-state index >= 15 is 0 Å². The summed E-state index contributed by atoms with van der Waals surface area (Å²) in [4.78, 5) is 24.6. The summed E-state index contributed by atoms with van der Waals surface area (Å²) in [5.41, 5.74) is 11.7. The first-order valence-electron chi connectivity index (χ1n) is 25.2. The summed E-state index contributed by atoms with van der Waals surface area (Å²) in [5.74, 6) is 3.34. The van der Waals surface area contributed by atoms with Gasteiger partial charge in [0, 0.05) is 33.4 Å². The number of nitrogens with zero attached hydrogens (tertiary/aromatic N) is 8. The average molecular weight is 1170 g/mol. The molecule has 0 bridgehead atoms. The van der Waals surface area contributed by atoms with E-state index in [-0.39, 0.29) is 21.1 Å². The minimum atomic E-state index is 0. The van der Waals surface area contributed by atoms with Gasteiger partial charge in [-0.05, 0) is 109 Å². The fraction of sp³-hybridized carbons (Fsp3) is 0. The maximum atomic E-state index is 5.11. The number of fused-ring (bicyclic) bond motifs is 6. The maximum Gasteiger partial charge on any atom is 2.00 e. The van der Waals surface area contributed by atoms with Gasteiger partial charge in [0.15, 0.2) is 0 Å². The zero-order chi connectivity index (χ0) is 50.6. The van der Waals surface area contributed by atoms with Crippen molar-refractivity contribution in [2.45, 2.75) is 0 Å². The molecule has 8 nitrogen and oxygen atoms in total. The number of benzene rings is 8. The second-order valence-corrected chi connectivity index (χ2v) is 18.1. The number of hydrogen-bond donors (Lipinski definition) is 0. The third-order valence-electron chi connectivity index (χ3n) is 13.4. The molecule has 0 amide bonds. The molecule has 8 aromatic carbocycles. The minimum absolute atomic E-state index is 0. The summed E-state index contributed by atoms with van der Waals surface area (Å²) in [6.45, 7) is 0. The second-order valence-electron chi connectivity index (χ2n) is 18.1. The van der Waals surface area contributed by atoms with Crippen molar-refractivity contribution in [3.05, 3.63) is 291 Å². The Morgan fingerprint density at radius 2 is 0.675 bits per heavy atom. The van der Waals surface area contributed by atoms with Gasteiger partial charge in [-0.3, -0.25) is 9.47 Å². The molecule has 0 fully saturated rings. The zero-order valence-corrected chi connectivity index (χ0v) is 43.7. The van der Waals surface area contributed by atoms with Crippen molar-refractivity contribution in [2.75, 3.05) is 9.80 Å². The quantitative estimate of drug-likeness (QED) is 0.127. The number of anilines is 6. The topological polar surface area (TPSA) is 67.9 Å². The number of pyridine rings is 4. The Hall–Kier alpha value is -9.75. The Balaban J connectivity index is 0.000000153. The van der Waals surface area contributed by atoms with Gasteiger partial charge in [0.05, 0.1) is 33.8 Å². The van der Waals surface area contributed by atoms with Gasteiger partial charge < -0.3 is 9.47 Å². The largest absolute Gasteiger partial charge is 2.00 e.